The van der Waals surface area contributed by atoms with Crippen LogP contribution in [-0.2, 0) is 10.0 Å². The highest BCUT2D eigenvalue weighted by Gasteiger charge is 2.27. The molecule has 4 rings (SSSR count). The Balaban J connectivity index is 1.54. The zero-order valence-electron chi connectivity index (χ0n) is 16.5. The Labute approximate surface area is 178 Å². The highest BCUT2D eigenvalue weighted by molar-refractivity contribution is 7.89. The summed E-state index contributed by atoms with van der Waals surface area (Å²) < 4.78 is 38.1. The van der Waals surface area contributed by atoms with Crippen molar-refractivity contribution in [2.45, 2.75) is 17.7 Å². The van der Waals surface area contributed by atoms with Gasteiger partial charge in [0.1, 0.15) is 17.0 Å². The number of nitrogens with zero attached hydrogens (tertiary/aromatic N) is 2. The summed E-state index contributed by atoms with van der Waals surface area (Å²) in [6.45, 7) is 1.08. The summed E-state index contributed by atoms with van der Waals surface area (Å²) in [7, 11) is -0.394. The molecule has 0 spiro atoms. The molecule has 1 aliphatic heterocycles. The second-order valence-electron chi connectivity index (χ2n) is 6.79. The average Bonchev–Trinajstić information content (AvgIpc) is 3.43. The lowest BCUT2D eigenvalue weighted by molar-refractivity contribution is 0.102. The molecule has 2 heterocycles. The molecule has 0 radical (unpaired) electrons. The highest BCUT2D eigenvalue weighted by Crippen LogP contribution is 2.36. The van der Waals surface area contributed by atoms with Gasteiger partial charge in [-0.15, -0.1) is 0 Å². The van der Waals surface area contributed by atoms with Crippen LogP contribution in [0.3, 0.4) is 0 Å². The number of hydrogen-bond acceptors (Lipinski definition) is 7. The molecule has 0 saturated carbocycles. The molecule has 2 aromatic carbocycles. The number of nitrogens with one attached hydrogen (secondary N) is 1. The van der Waals surface area contributed by atoms with E-state index in [9.17, 15) is 13.2 Å². The number of thiazole rings is 1. The first-order valence-corrected chi connectivity index (χ1v) is 11.6. The molecule has 1 fully saturated rings. The van der Waals surface area contributed by atoms with Gasteiger partial charge in [0.05, 0.1) is 23.8 Å². The number of methoxy groups -OCH3 is 2. The van der Waals surface area contributed by atoms with Gasteiger partial charge in [0.25, 0.3) is 5.91 Å². The molecule has 1 aromatic heterocycles. The maximum Gasteiger partial charge on any atom is 0.257 e. The Hall–Kier alpha value is -2.69. The Bertz CT molecular complexity index is 1180. The minimum atomic E-state index is -3.51. The SMILES string of the molecule is COc1cc(OC)c2nc(NC(=O)c3ccc(S(=O)(=O)N4CCCC4)cc3)sc2c1. The molecule has 158 valence electrons. The van der Waals surface area contributed by atoms with Crippen molar-refractivity contribution >= 4 is 42.6 Å². The molecule has 1 saturated heterocycles. The minimum Gasteiger partial charge on any atom is -0.497 e. The maximum absolute atomic E-state index is 12.6. The monoisotopic (exact) mass is 447 g/mol. The molecule has 0 unspecified atom stereocenters. The lowest BCUT2D eigenvalue weighted by Crippen LogP contribution is -2.27. The lowest BCUT2D eigenvalue weighted by Gasteiger charge is -2.15. The number of sulfonamides is 1. The maximum atomic E-state index is 12.6. The van der Waals surface area contributed by atoms with Crippen molar-refractivity contribution in [1.82, 2.24) is 9.29 Å². The van der Waals surface area contributed by atoms with Crippen LogP contribution in [0.4, 0.5) is 5.13 Å². The molecule has 3 aromatic rings. The Kier molecular flexibility index (Phi) is 5.63. The van der Waals surface area contributed by atoms with Crippen molar-refractivity contribution in [3.05, 3.63) is 42.0 Å². The predicted molar refractivity (Wildman–Crippen MR) is 115 cm³/mol. The van der Waals surface area contributed by atoms with Crippen LogP contribution in [0.2, 0.25) is 0 Å². The molecule has 1 aliphatic rings. The molecule has 10 heteroatoms. The summed E-state index contributed by atoms with van der Waals surface area (Å²) in [5.74, 6) is 0.818. The molecular formula is C20H21N3O5S2. The first-order valence-electron chi connectivity index (χ1n) is 9.36. The number of fused-ring (bicyclic) bond motifs is 1. The first kappa shape index (κ1) is 20.6. The van der Waals surface area contributed by atoms with E-state index in [0.717, 1.165) is 17.5 Å². The summed E-state index contributed by atoms with van der Waals surface area (Å²) in [5, 5.41) is 3.17. The van der Waals surface area contributed by atoms with Crippen LogP contribution in [0.25, 0.3) is 10.2 Å². The fourth-order valence-corrected chi connectivity index (χ4v) is 5.75. The normalized spacial score (nSPS) is 14.7. The van der Waals surface area contributed by atoms with E-state index in [2.05, 4.69) is 10.3 Å². The van der Waals surface area contributed by atoms with Gasteiger partial charge in [-0.3, -0.25) is 10.1 Å². The van der Waals surface area contributed by atoms with Gasteiger partial charge in [-0.25, -0.2) is 13.4 Å². The number of ether oxygens (including phenoxy) is 2. The Morgan fingerprint density at radius 3 is 2.43 bits per heavy atom. The summed E-state index contributed by atoms with van der Waals surface area (Å²) in [6.07, 6.45) is 1.75. The van der Waals surface area contributed by atoms with Gasteiger partial charge in [0.15, 0.2) is 5.13 Å². The van der Waals surface area contributed by atoms with E-state index in [-0.39, 0.29) is 10.8 Å². The smallest absolute Gasteiger partial charge is 0.257 e. The molecule has 0 bridgehead atoms. The van der Waals surface area contributed by atoms with Crippen molar-refractivity contribution in [2.24, 2.45) is 0 Å². The minimum absolute atomic E-state index is 0.192. The second-order valence-corrected chi connectivity index (χ2v) is 9.75. The fourth-order valence-electron chi connectivity index (χ4n) is 3.33. The number of carbonyl (C=O) groups is 1. The van der Waals surface area contributed by atoms with Gasteiger partial charge in [-0.2, -0.15) is 4.31 Å². The van der Waals surface area contributed by atoms with E-state index in [0.29, 0.717) is 40.8 Å². The van der Waals surface area contributed by atoms with E-state index in [4.69, 9.17) is 9.47 Å². The quantitative estimate of drug-likeness (QED) is 0.622. The molecule has 0 atom stereocenters. The van der Waals surface area contributed by atoms with Crippen LogP contribution >= 0.6 is 11.3 Å². The van der Waals surface area contributed by atoms with Gasteiger partial charge in [0, 0.05) is 24.7 Å². The van der Waals surface area contributed by atoms with E-state index >= 15 is 0 Å². The van der Waals surface area contributed by atoms with Gasteiger partial charge >= 0.3 is 0 Å². The van der Waals surface area contributed by atoms with Crippen LogP contribution in [0.15, 0.2) is 41.3 Å². The third kappa shape index (κ3) is 3.85. The topological polar surface area (TPSA) is 97.8 Å². The molecule has 1 amide bonds. The van der Waals surface area contributed by atoms with Gasteiger partial charge in [-0.1, -0.05) is 11.3 Å². The average molecular weight is 448 g/mol. The Morgan fingerprint density at radius 2 is 1.80 bits per heavy atom. The largest absolute Gasteiger partial charge is 0.497 e. The highest BCUT2D eigenvalue weighted by atomic mass is 32.2. The van der Waals surface area contributed by atoms with Gasteiger partial charge in [0.2, 0.25) is 10.0 Å². The molecule has 30 heavy (non-hydrogen) atoms. The van der Waals surface area contributed by atoms with Crippen LogP contribution in [0.5, 0.6) is 11.5 Å². The number of hydrogen-bond donors (Lipinski definition) is 1. The van der Waals surface area contributed by atoms with E-state index < -0.39 is 10.0 Å². The zero-order valence-corrected chi connectivity index (χ0v) is 18.2. The number of amides is 1. The summed E-state index contributed by atoms with van der Waals surface area (Å²) >= 11 is 1.30. The number of rotatable bonds is 6. The number of anilines is 1. The fraction of sp³-hybridized carbons (Fsp3) is 0.300. The van der Waals surface area contributed by atoms with Crippen molar-refractivity contribution in [3.63, 3.8) is 0 Å². The van der Waals surface area contributed by atoms with Crippen molar-refractivity contribution in [1.29, 1.82) is 0 Å². The van der Waals surface area contributed by atoms with E-state index in [1.807, 2.05) is 6.07 Å². The van der Waals surface area contributed by atoms with E-state index in [1.165, 1.54) is 39.9 Å². The van der Waals surface area contributed by atoms with Crippen molar-refractivity contribution < 1.29 is 22.7 Å². The molecule has 8 nitrogen and oxygen atoms in total. The zero-order chi connectivity index (χ0) is 21.3. The summed E-state index contributed by atoms with van der Waals surface area (Å²) in [5.41, 5.74) is 0.977. The third-order valence-corrected chi connectivity index (χ3v) is 7.76. The van der Waals surface area contributed by atoms with Crippen LogP contribution in [-0.4, -0.2) is 50.9 Å². The lowest BCUT2D eigenvalue weighted by atomic mass is 10.2. The predicted octanol–water partition coefficient (Wildman–Crippen LogP) is 3.35. The number of benzene rings is 2. The molecule has 1 N–H and O–H groups in total. The number of carbonyl (C=O) groups excluding carboxylic acids is 1. The van der Waals surface area contributed by atoms with E-state index in [1.54, 1.807) is 20.3 Å². The third-order valence-electron chi connectivity index (χ3n) is 4.93. The standard InChI is InChI=1S/C20H21N3O5S2/c1-27-14-11-16(28-2)18-17(12-14)29-20(21-18)22-19(24)13-5-7-15(8-6-13)30(25,26)23-9-3-4-10-23/h5-8,11-12H,3-4,9-10H2,1-2H3,(H,21,22,24). The van der Waals surface area contributed by atoms with Gasteiger partial charge in [-0.05, 0) is 43.2 Å². The van der Waals surface area contributed by atoms with Crippen LogP contribution in [0, 0.1) is 0 Å². The van der Waals surface area contributed by atoms with Gasteiger partial charge < -0.3 is 9.47 Å². The second kappa shape index (κ2) is 8.21. The molecular weight excluding hydrogens is 426 g/mol. The molecule has 0 aliphatic carbocycles. The van der Waals surface area contributed by atoms with Crippen molar-refractivity contribution in [3.8, 4) is 11.5 Å². The Morgan fingerprint density at radius 1 is 1.10 bits per heavy atom. The van der Waals surface area contributed by atoms with Crippen LogP contribution in [0.1, 0.15) is 23.2 Å². The number of aromatic nitrogens is 1. The summed E-state index contributed by atoms with van der Waals surface area (Å²) in [4.78, 5) is 17.3. The first-order chi connectivity index (χ1) is 14.4. The summed E-state index contributed by atoms with van der Waals surface area (Å²) in [6, 6.07) is 9.50. The van der Waals surface area contributed by atoms with Crippen molar-refractivity contribution in [2.75, 3.05) is 32.6 Å². The van der Waals surface area contributed by atoms with Crippen LogP contribution < -0.4 is 14.8 Å².